The number of nitrogens with one attached hydrogen (secondary N) is 2. The van der Waals surface area contributed by atoms with Gasteiger partial charge in [-0.05, 0) is 50.5 Å². The van der Waals surface area contributed by atoms with Crippen molar-refractivity contribution in [3.05, 3.63) is 58.2 Å². The number of H-pyrrole nitrogens is 1. The molecule has 0 aliphatic carbocycles. The van der Waals surface area contributed by atoms with Crippen LogP contribution in [0.15, 0.2) is 24.3 Å². The van der Waals surface area contributed by atoms with Crippen molar-refractivity contribution in [2.24, 2.45) is 0 Å². The van der Waals surface area contributed by atoms with Gasteiger partial charge in [-0.2, -0.15) is 0 Å². The third-order valence-corrected chi connectivity index (χ3v) is 5.79. The van der Waals surface area contributed by atoms with E-state index in [4.69, 9.17) is 0 Å². The van der Waals surface area contributed by atoms with Gasteiger partial charge in [-0.3, -0.25) is 19.3 Å². The summed E-state index contributed by atoms with van der Waals surface area (Å²) in [7, 11) is 0. The summed E-state index contributed by atoms with van der Waals surface area (Å²) >= 11 is 0. The molecule has 1 unspecified atom stereocenters. The zero-order chi connectivity index (χ0) is 22.9. The summed E-state index contributed by atoms with van der Waals surface area (Å²) in [6, 6.07) is 4.76. The highest BCUT2D eigenvalue weighted by Crippen LogP contribution is 2.34. The molecule has 0 spiro atoms. The quantitative estimate of drug-likeness (QED) is 0.494. The lowest BCUT2D eigenvalue weighted by atomic mass is 9.84. The van der Waals surface area contributed by atoms with Gasteiger partial charge in [0.2, 0.25) is 0 Å². The molecule has 0 saturated carbocycles. The van der Waals surface area contributed by atoms with Crippen molar-refractivity contribution in [1.82, 2.24) is 15.2 Å². The fourth-order valence-electron chi connectivity index (χ4n) is 4.24. The summed E-state index contributed by atoms with van der Waals surface area (Å²) in [5.74, 6) is -1.63. The van der Waals surface area contributed by atoms with Crippen LogP contribution in [0.5, 0.6) is 0 Å². The maximum Gasteiger partial charge on any atom is 0.325 e. The largest absolute Gasteiger partial charge is 0.355 e. The average Bonchev–Trinajstić information content (AvgIpc) is 3.15. The topological polar surface area (TPSA) is 99.3 Å². The van der Waals surface area contributed by atoms with Crippen molar-refractivity contribution in [3.8, 4) is 0 Å². The standard InChI is InChI=1S/C23H26FN3O4/c1-5-6-11-23(16-7-9-17(24)10-8-16)21(30)27(22(31)26-23)12-18(29)20-13(2)19(15(4)28)14(3)25-20/h7-10,25H,5-6,11-12H2,1-4H3,(H,26,31). The molecule has 2 heterocycles. The number of aromatic nitrogens is 1. The van der Waals surface area contributed by atoms with E-state index in [1.54, 1.807) is 13.8 Å². The van der Waals surface area contributed by atoms with E-state index >= 15 is 0 Å². The van der Waals surface area contributed by atoms with E-state index in [0.717, 1.165) is 11.3 Å². The van der Waals surface area contributed by atoms with Crippen LogP contribution in [-0.4, -0.2) is 39.9 Å². The molecule has 1 aliphatic heterocycles. The minimum absolute atomic E-state index is 0.171. The van der Waals surface area contributed by atoms with E-state index in [1.165, 1.54) is 31.2 Å². The Hall–Kier alpha value is -3.29. The number of urea groups is 1. The van der Waals surface area contributed by atoms with Gasteiger partial charge in [-0.1, -0.05) is 31.9 Å². The number of unbranched alkanes of at least 4 members (excludes halogenated alkanes) is 1. The van der Waals surface area contributed by atoms with Crippen LogP contribution >= 0.6 is 0 Å². The third kappa shape index (κ3) is 3.89. The Kier molecular flexibility index (Phi) is 6.10. The van der Waals surface area contributed by atoms with Crippen molar-refractivity contribution in [3.63, 3.8) is 0 Å². The van der Waals surface area contributed by atoms with E-state index in [0.29, 0.717) is 35.2 Å². The summed E-state index contributed by atoms with van der Waals surface area (Å²) in [6.07, 6.45) is 1.78. The van der Waals surface area contributed by atoms with Crippen molar-refractivity contribution in [2.75, 3.05) is 6.54 Å². The second-order valence-electron chi connectivity index (χ2n) is 7.94. The third-order valence-electron chi connectivity index (χ3n) is 5.79. The van der Waals surface area contributed by atoms with E-state index in [2.05, 4.69) is 10.3 Å². The van der Waals surface area contributed by atoms with Crippen molar-refractivity contribution in [2.45, 2.75) is 52.5 Å². The number of benzene rings is 1. The summed E-state index contributed by atoms with van der Waals surface area (Å²) in [5, 5.41) is 2.74. The highest BCUT2D eigenvalue weighted by molar-refractivity contribution is 6.12. The van der Waals surface area contributed by atoms with Crippen molar-refractivity contribution in [1.29, 1.82) is 0 Å². The maximum atomic E-state index is 13.4. The number of imide groups is 1. The van der Waals surface area contributed by atoms with E-state index in [1.807, 2.05) is 6.92 Å². The summed E-state index contributed by atoms with van der Waals surface area (Å²) in [6.45, 7) is 6.27. The monoisotopic (exact) mass is 427 g/mol. The average molecular weight is 427 g/mol. The first-order valence-electron chi connectivity index (χ1n) is 10.3. The molecule has 3 rings (SSSR count). The Labute approximate surface area is 180 Å². The SMILES string of the molecule is CCCCC1(c2ccc(F)cc2)NC(=O)N(CC(=O)c2[nH]c(C)c(C(C)=O)c2C)C1=O. The van der Waals surface area contributed by atoms with Crippen molar-refractivity contribution < 1.29 is 23.6 Å². The first-order valence-corrected chi connectivity index (χ1v) is 10.3. The first kappa shape index (κ1) is 22.4. The van der Waals surface area contributed by atoms with E-state index < -0.39 is 35.6 Å². The minimum Gasteiger partial charge on any atom is -0.355 e. The first-order chi connectivity index (χ1) is 14.6. The van der Waals surface area contributed by atoms with Gasteiger partial charge in [0.05, 0.1) is 12.2 Å². The van der Waals surface area contributed by atoms with Gasteiger partial charge >= 0.3 is 6.03 Å². The predicted molar refractivity (Wildman–Crippen MR) is 112 cm³/mol. The zero-order valence-electron chi connectivity index (χ0n) is 18.1. The Balaban J connectivity index is 1.93. The number of carbonyl (C=O) groups is 4. The molecule has 164 valence electrons. The summed E-state index contributed by atoms with van der Waals surface area (Å²) < 4.78 is 13.4. The molecule has 2 N–H and O–H groups in total. The Morgan fingerprint density at radius 3 is 2.32 bits per heavy atom. The molecule has 1 atom stereocenters. The number of carbonyl (C=O) groups excluding carboxylic acids is 4. The number of amides is 3. The molecule has 0 radical (unpaired) electrons. The molecular formula is C23H26FN3O4. The number of hydrogen-bond acceptors (Lipinski definition) is 4. The van der Waals surface area contributed by atoms with Crippen LogP contribution in [0.2, 0.25) is 0 Å². The van der Waals surface area contributed by atoms with Crippen LogP contribution in [0, 0.1) is 19.7 Å². The second-order valence-corrected chi connectivity index (χ2v) is 7.94. The number of nitrogens with zero attached hydrogens (tertiary/aromatic N) is 1. The van der Waals surface area contributed by atoms with Gasteiger partial charge in [0, 0.05) is 11.3 Å². The predicted octanol–water partition coefficient (Wildman–Crippen LogP) is 3.79. The number of rotatable bonds is 8. The highest BCUT2D eigenvalue weighted by atomic mass is 19.1. The molecular weight excluding hydrogens is 401 g/mol. The number of ketones is 2. The number of aromatic amines is 1. The number of halogens is 1. The van der Waals surface area contributed by atoms with Crippen LogP contribution < -0.4 is 5.32 Å². The fourth-order valence-corrected chi connectivity index (χ4v) is 4.24. The number of hydrogen-bond donors (Lipinski definition) is 2. The van der Waals surface area contributed by atoms with Crippen LogP contribution in [0.3, 0.4) is 0 Å². The highest BCUT2D eigenvalue weighted by Gasteiger charge is 2.52. The van der Waals surface area contributed by atoms with Crippen LogP contribution in [0.25, 0.3) is 0 Å². The molecule has 8 heteroatoms. The van der Waals surface area contributed by atoms with Crippen LogP contribution in [0.4, 0.5) is 9.18 Å². The number of Topliss-reactive ketones (excluding diaryl/α,β-unsaturated/α-hetero) is 2. The summed E-state index contributed by atoms with van der Waals surface area (Å²) in [4.78, 5) is 54.7. The fraction of sp³-hybridized carbons (Fsp3) is 0.391. The van der Waals surface area contributed by atoms with Gasteiger partial charge in [-0.25, -0.2) is 9.18 Å². The Morgan fingerprint density at radius 2 is 1.77 bits per heavy atom. The van der Waals surface area contributed by atoms with Gasteiger partial charge < -0.3 is 10.3 Å². The Bertz CT molecular complexity index is 1060. The Morgan fingerprint density at radius 1 is 1.13 bits per heavy atom. The smallest absolute Gasteiger partial charge is 0.325 e. The lowest BCUT2D eigenvalue weighted by molar-refractivity contribution is -0.131. The molecule has 7 nitrogen and oxygen atoms in total. The molecule has 31 heavy (non-hydrogen) atoms. The van der Waals surface area contributed by atoms with Gasteiger partial charge in [0.25, 0.3) is 5.91 Å². The zero-order valence-corrected chi connectivity index (χ0v) is 18.1. The van der Waals surface area contributed by atoms with Gasteiger partial charge in [0.15, 0.2) is 11.6 Å². The van der Waals surface area contributed by atoms with Crippen LogP contribution in [-0.2, 0) is 10.3 Å². The molecule has 1 fully saturated rings. The summed E-state index contributed by atoms with van der Waals surface area (Å²) in [5.41, 5.74) is 0.834. The van der Waals surface area contributed by atoms with E-state index in [-0.39, 0.29) is 11.5 Å². The molecule has 2 aromatic rings. The lowest BCUT2D eigenvalue weighted by Crippen LogP contribution is -2.44. The van der Waals surface area contributed by atoms with Gasteiger partial charge in [-0.15, -0.1) is 0 Å². The molecule has 1 aromatic carbocycles. The molecule has 1 saturated heterocycles. The molecule has 0 bridgehead atoms. The molecule has 1 aromatic heterocycles. The normalized spacial score (nSPS) is 18.4. The second kappa shape index (κ2) is 8.45. The molecule has 3 amide bonds. The number of aryl methyl sites for hydroxylation is 1. The minimum atomic E-state index is -1.34. The van der Waals surface area contributed by atoms with Gasteiger partial charge in [0.1, 0.15) is 11.4 Å². The lowest BCUT2D eigenvalue weighted by Gasteiger charge is -2.27. The van der Waals surface area contributed by atoms with Crippen LogP contribution in [0.1, 0.15) is 70.8 Å². The maximum absolute atomic E-state index is 13.4. The van der Waals surface area contributed by atoms with E-state index in [9.17, 15) is 23.6 Å². The van der Waals surface area contributed by atoms with Crippen molar-refractivity contribution >= 4 is 23.5 Å². The molecule has 1 aliphatic rings.